The number of carbonyl (C=O) groups excluding carboxylic acids is 1. The van der Waals surface area contributed by atoms with Gasteiger partial charge in [0.25, 0.3) is 5.91 Å². The van der Waals surface area contributed by atoms with Crippen molar-refractivity contribution in [2.24, 2.45) is 0 Å². The van der Waals surface area contributed by atoms with Gasteiger partial charge < -0.3 is 14.6 Å². The fourth-order valence-corrected chi connectivity index (χ4v) is 2.81. The Morgan fingerprint density at radius 2 is 2.17 bits per heavy atom. The van der Waals surface area contributed by atoms with Crippen LogP contribution in [0.4, 0.5) is 0 Å². The molecule has 1 aliphatic heterocycles. The summed E-state index contributed by atoms with van der Waals surface area (Å²) in [5.74, 6) is 0.692. The minimum Gasteiger partial charge on any atom is -0.485 e. The molecule has 0 spiro atoms. The number of amides is 1. The molecule has 1 aromatic heterocycles. The third kappa shape index (κ3) is 3.09. The standard InChI is InChI=1S/C18H22N2O3/c1-3-5-9-19-18(21)12-7-8-16-13(10-12)17-14(11-22-20-17)15(23-16)6-4-2/h7-8,10-11,15H,3-6,9H2,1-2H3,(H,19,21). The van der Waals surface area contributed by atoms with Crippen molar-refractivity contribution in [1.82, 2.24) is 10.5 Å². The van der Waals surface area contributed by atoms with Crippen LogP contribution in [0.1, 0.15) is 61.6 Å². The first-order valence-corrected chi connectivity index (χ1v) is 8.28. The van der Waals surface area contributed by atoms with Gasteiger partial charge in [0.05, 0.1) is 5.56 Å². The van der Waals surface area contributed by atoms with Crippen LogP contribution < -0.4 is 10.1 Å². The summed E-state index contributed by atoms with van der Waals surface area (Å²) in [6.45, 7) is 4.91. The smallest absolute Gasteiger partial charge is 0.251 e. The second-order valence-electron chi connectivity index (χ2n) is 5.83. The number of nitrogens with one attached hydrogen (secondary N) is 1. The van der Waals surface area contributed by atoms with Crippen molar-refractivity contribution < 1.29 is 14.1 Å². The molecule has 0 radical (unpaired) electrons. The number of aromatic nitrogens is 1. The Kier molecular flexibility index (Phi) is 4.65. The molecule has 2 aromatic rings. The summed E-state index contributed by atoms with van der Waals surface area (Å²) in [7, 11) is 0. The molecule has 1 unspecified atom stereocenters. The Bertz CT molecular complexity index is 693. The van der Waals surface area contributed by atoms with E-state index in [1.807, 2.05) is 12.1 Å². The van der Waals surface area contributed by atoms with Crippen LogP contribution in [0.2, 0.25) is 0 Å². The molecule has 122 valence electrons. The lowest BCUT2D eigenvalue weighted by Crippen LogP contribution is -2.24. The monoisotopic (exact) mass is 314 g/mol. The Hall–Kier alpha value is -2.30. The van der Waals surface area contributed by atoms with Crippen molar-refractivity contribution in [3.8, 4) is 17.0 Å². The van der Waals surface area contributed by atoms with Crippen LogP contribution >= 0.6 is 0 Å². The molecule has 0 aliphatic carbocycles. The van der Waals surface area contributed by atoms with Gasteiger partial charge in [0.1, 0.15) is 23.8 Å². The highest BCUT2D eigenvalue weighted by atomic mass is 16.5. The normalized spacial score (nSPS) is 15.5. The van der Waals surface area contributed by atoms with Gasteiger partial charge in [-0.05, 0) is 31.0 Å². The molecule has 1 amide bonds. The Morgan fingerprint density at radius 1 is 1.30 bits per heavy atom. The van der Waals surface area contributed by atoms with Gasteiger partial charge in [-0.2, -0.15) is 0 Å². The van der Waals surface area contributed by atoms with Crippen molar-refractivity contribution in [3.05, 3.63) is 35.6 Å². The molecular formula is C18H22N2O3. The average Bonchev–Trinajstić information content (AvgIpc) is 3.05. The summed E-state index contributed by atoms with van der Waals surface area (Å²) in [4.78, 5) is 12.2. The second kappa shape index (κ2) is 6.86. The van der Waals surface area contributed by atoms with Crippen LogP contribution in [0.15, 0.2) is 29.0 Å². The van der Waals surface area contributed by atoms with Gasteiger partial charge in [-0.3, -0.25) is 4.79 Å². The van der Waals surface area contributed by atoms with E-state index in [9.17, 15) is 4.79 Å². The zero-order valence-electron chi connectivity index (χ0n) is 13.6. The van der Waals surface area contributed by atoms with E-state index in [1.54, 1.807) is 12.3 Å². The van der Waals surface area contributed by atoms with E-state index in [2.05, 4.69) is 24.3 Å². The minimum absolute atomic E-state index is 0.0296. The van der Waals surface area contributed by atoms with Crippen LogP contribution in [-0.2, 0) is 0 Å². The van der Waals surface area contributed by atoms with Crippen LogP contribution in [0.3, 0.4) is 0 Å². The summed E-state index contributed by atoms with van der Waals surface area (Å²) in [5, 5.41) is 7.05. The van der Waals surface area contributed by atoms with Gasteiger partial charge >= 0.3 is 0 Å². The third-order valence-corrected chi connectivity index (χ3v) is 4.08. The van der Waals surface area contributed by atoms with Gasteiger partial charge in [0, 0.05) is 17.7 Å². The highest BCUT2D eigenvalue weighted by molar-refractivity contribution is 5.96. The van der Waals surface area contributed by atoms with E-state index in [4.69, 9.17) is 9.26 Å². The van der Waals surface area contributed by atoms with Crippen LogP contribution in [0.5, 0.6) is 5.75 Å². The number of hydrogen-bond donors (Lipinski definition) is 1. The van der Waals surface area contributed by atoms with Crippen molar-refractivity contribution in [3.63, 3.8) is 0 Å². The molecule has 1 N–H and O–H groups in total. The maximum Gasteiger partial charge on any atom is 0.251 e. The van der Waals surface area contributed by atoms with Crippen LogP contribution in [0.25, 0.3) is 11.3 Å². The molecule has 0 saturated carbocycles. The summed E-state index contributed by atoms with van der Waals surface area (Å²) in [5.41, 5.74) is 3.19. The average molecular weight is 314 g/mol. The van der Waals surface area contributed by atoms with Crippen LogP contribution in [0, 0.1) is 0 Å². The zero-order chi connectivity index (χ0) is 16.2. The van der Waals surface area contributed by atoms with Crippen molar-refractivity contribution >= 4 is 5.91 Å². The molecule has 23 heavy (non-hydrogen) atoms. The van der Waals surface area contributed by atoms with Gasteiger partial charge in [-0.25, -0.2) is 0 Å². The molecule has 1 aromatic carbocycles. The molecule has 5 nitrogen and oxygen atoms in total. The summed E-state index contributed by atoms with van der Waals surface area (Å²) >= 11 is 0. The van der Waals surface area contributed by atoms with Gasteiger partial charge in [0.15, 0.2) is 0 Å². The van der Waals surface area contributed by atoms with Gasteiger partial charge in [-0.15, -0.1) is 0 Å². The highest BCUT2D eigenvalue weighted by Gasteiger charge is 2.29. The van der Waals surface area contributed by atoms with Crippen LogP contribution in [-0.4, -0.2) is 17.6 Å². The van der Waals surface area contributed by atoms with Crippen molar-refractivity contribution in [1.29, 1.82) is 0 Å². The molecule has 3 rings (SSSR count). The quantitative estimate of drug-likeness (QED) is 0.815. The molecule has 0 bridgehead atoms. The fourth-order valence-electron chi connectivity index (χ4n) is 2.81. The van der Waals surface area contributed by atoms with Crippen molar-refractivity contribution in [2.75, 3.05) is 6.54 Å². The fraction of sp³-hybridized carbons (Fsp3) is 0.444. The maximum absolute atomic E-state index is 12.2. The van der Waals surface area contributed by atoms with E-state index in [1.165, 1.54) is 0 Å². The third-order valence-electron chi connectivity index (χ3n) is 4.08. The first-order valence-electron chi connectivity index (χ1n) is 8.28. The molecule has 0 fully saturated rings. The minimum atomic E-state index is -0.0676. The molecule has 1 atom stereocenters. The van der Waals surface area contributed by atoms with E-state index < -0.39 is 0 Å². The molecule has 2 heterocycles. The summed E-state index contributed by atoms with van der Waals surface area (Å²) in [6, 6.07) is 5.48. The molecule has 5 heteroatoms. The maximum atomic E-state index is 12.2. The van der Waals surface area contributed by atoms with Gasteiger partial charge in [0.2, 0.25) is 0 Å². The first-order chi connectivity index (χ1) is 11.2. The predicted molar refractivity (Wildman–Crippen MR) is 87.5 cm³/mol. The Labute approximate surface area is 136 Å². The zero-order valence-corrected chi connectivity index (χ0v) is 13.6. The Balaban J connectivity index is 1.87. The van der Waals surface area contributed by atoms with E-state index in [-0.39, 0.29) is 12.0 Å². The summed E-state index contributed by atoms with van der Waals surface area (Å²) in [6.07, 6.45) is 5.57. The number of nitrogens with zero attached hydrogens (tertiary/aromatic N) is 1. The number of benzene rings is 1. The number of unbranched alkanes of at least 4 members (excludes halogenated alkanes) is 1. The number of ether oxygens (including phenoxy) is 1. The number of carbonyl (C=O) groups is 1. The molecular weight excluding hydrogens is 292 g/mol. The lowest BCUT2D eigenvalue weighted by Gasteiger charge is -2.25. The lowest BCUT2D eigenvalue weighted by atomic mass is 9.96. The predicted octanol–water partition coefficient (Wildman–Crippen LogP) is 4.11. The van der Waals surface area contributed by atoms with Gasteiger partial charge in [-0.1, -0.05) is 31.8 Å². The Morgan fingerprint density at radius 3 is 2.96 bits per heavy atom. The highest BCUT2D eigenvalue weighted by Crippen LogP contribution is 2.43. The summed E-state index contributed by atoms with van der Waals surface area (Å²) < 4.78 is 11.2. The van der Waals surface area contributed by atoms with E-state index >= 15 is 0 Å². The molecule has 0 saturated heterocycles. The topological polar surface area (TPSA) is 64.4 Å². The number of rotatable bonds is 6. The van der Waals surface area contributed by atoms with E-state index in [0.29, 0.717) is 12.1 Å². The number of fused-ring (bicyclic) bond motifs is 3. The number of hydrogen-bond acceptors (Lipinski definition) is 4. The largest absolute Gasteiger partial charge is 0.485 e. The SMILES string of the molecule is CCCCNC(=O)c1ccc2c(c1)-c1nocc1C(CCC)O2. The second-order valence-corrected chi connectivity index (χ2v) is 5.83. The lowest BCUT2D eigenvalue weighted by molar-refractivity contribution is 0.0953. The first kappa shape index (κ1) is 15.6. The van der Waals surface area contributed by atoms with E-state index in [0.717, 1.165) is 48.3 Å². The molecule has 1 aliphatic rings. The van der Waals surface area contributed by atoms with Crippen molar-refractivity contribution in [2.45, 2.75) is 45.6 Å².